The Labute approximate surface area is 177 Å². The standard InChI is InChI=1S/C24H29N3O3/c1-17(2)19-9-7-18(8-10-19)16-25-26-23(28)20-11-13-27(14-12-20)24(29)21-5-4-6-22(15-21)30-3/h4-10,15-17,20H,11-14H2,1-3H3,(H,26,28)/b25-16-. The van der Waals surface area contributed by atoms with Gasteiger partial charge in [-0.15, -0.1) is 0 Å². The molecule has 0 aromatic heterocycles. The summed E-state index contributed by atoms with van der Waals surface area (Å²) in [6.07, 6.45) is 2.91. The van der Waals surface area contributed by atoms with Gasteiger partial charge in [0.15, 0.2) is 0 Å². The number of likely N-dealkylation sites (tertiary alicyclic amines) is 1. The Morgan fingerprint density at radius 3 is 2.47 bits per heavy atom. The number of carbonyl (C=O) groups is 2. The fourth-order valence-corrected chi connectivity index (χ4v) is 3.51. The summed E-state index contributed by atoms with van der Waals surface area (Å²) >= 11 is 0. The van der Waals surface area contributed by atoms with Crippen molar-refractivity contribution >= 4 is 18.0 Å². The van der Waals surface area contributed by atoms with E-state index in [0.717, 1.165) is 5.56 Å². The first-order chi connectivity index (χ1) is 14.5. The van der Waals surface area contributed by atoms with E-state index < -0.39 is 0 Å². The summed E-state index contributed by atoms with van der Waals surface area (Å²) in [5.41, 5.74) is 5.45. The molecule has 1 fully saturated rings. The molecule has 2 amide bonds. The number of methoxy groups -OCH3 is 1. The molecule has 30 heavy (non-hydrogen) atoms. The molecule has 1 aliphatic heterocycles. The van der Waals surface area contributed by atoms with E-state index in [9.17, 15) is 9.59 Å². The third kappa shape index (κ3) is 5.47. The molecule has 1 heterocycles. The third-order valence-electron chi connectivity index (χ3n) is 5.46. The molecule has 6 heteroatoms. The van der Waals surface area contributed by atoms with E-state index in [2.05, 4.69) is 36.5 Å². The smallest absolute Gasteiger partial charge is 0.253 e. The van der Waals surface area contributed by atoms with Crippen molar-refractivity contribution in [2.24, 2.45) is 11.0 Å². The molecule has 1 N–H and O–H groups in total. The Morgan fingerprint density at radius 2 is 1.83 bits per heavy atom. The summed E-state index contributed by atoms with van der Waals surface area (Å²) in [6.45, 7) is 5.40. The maximum absolute atomic E-state index is 12.7. The lowest BCUT2D eigenvalue weighted by molar-refractivity contribution is -0.126. The number of nitrogens with zero attached hydrogens (tertiary/aromatic N) is 2. The van der Waals surface area contributed by atoms with Gasteiger partial charge in [0.05, 0.1) is 13.3 Å². The van der Waals surface area contributed by atoms with Crippen LogP contribution in [-0.2, 0) is 4.79 Å². The predicted octanol–water partition coefficient (Wildman–Crippen LogP) is 3.82. The highest BCUT2D eigenvalue weighted by atomic mass is 16.5. The van der Waals surface area contributed by atoms with Gasteiger partial charge in [0, 0.05) is 24.6 Å². The number of hydrogen-bond acceptors (Lipinski definition) is 4. The molecule has 0 atom stereocenters. The molecule has 0 unspecified atom stereocenters. The van der Waals surface area contributed by atoms with E-state index in [0.29, 0.717) is 43.2 Å². The number of ether oxygens (including phenoxy) is 1. The van der Waals surface area contributed by atoms with E-state index in [1.54, 1.807) is 36.4 Å². The predicted molar refractivity (Wildman–Crippen MR) is 118 cm³/mol. The van der Waals surface area contributed by atoms with Crippen LogP contribution in [0.15, 0.2) is 53.6 Å². The Kier molecular flexibility index (Phi) is 7.22. The summed E-state index contributed by atoms with van der Waals surface area (Å²) in [4.78, 5) is 26.9. The second-order valence-corrected chi connectivity index (χ2v) is 7.85. The van der Waals surface area contributed by atoms with Gasteiger partial charge in [0.25, 0.3) is 5.91 Å². The minimum Gasteiger partial charge on any atom is -0.497 e. The van der Waals surface area contributed by atoms with Crippen LogP contribution in [0.25, 0.3) is 0 Å². The zero-order valence-electron chi connectivity index (χ0n) is 17.8. The van der Waals surface area contributed by atoms with Gasteiger partial charge in [-0.1, -0.05) is 44.2 Å². The average molecular weight is 408 g/mol. The number of piperidine rings is 1. The van der Waals surface area contributed by atoms with Gasteiger partial charge in [0.2, 0.25) is 5.91 Å². The van der Waals surface area contributed by atoms with Crippen LogP contribution in [0.2, 0.25) is 0 Å². The fourth-order valence-electron chi connectivity index (χ4n) is 3.51. The lowest BCUT2D eigenvalue weighted by atomic mass is 9.95. The molecule has 2 aromatic rings. The minimum absolute atomic E-state index is 0.0318. The van der Waals surface area contributed by atoms with Crippen LogP contribution in [0.1, 0.15) is 54.1 Å². The first-order valence-corrected chi connectivity index (χ1v) is 10.3. The molecular weight excluding hydrogens is 378 g/mol. The van der Waals surface area contributed by atoms with Crippen molar-refractivity contribution in [2.75, 3.05) is 20.2 Å². The zero-order valence-corrected chi connectivity index (χ0v) is 17.8. The van der Waals surface area contributed by atoms with E-state index in [-0.39, 0.29) is 17.7 Å². The Balaban J connectivity index is 1.48. The quantitative estimate of drug-likeness (QED) is 0.585. The molecule has 0 spiro atoms. The van der Waals surface area contributed by atoms with Gasteiger partial charge >= 0.3 is 0 Å². The maximum Gasteiger partial charge on any atom is 0.253 e. The summed E-state index contributed by atoms with van der Waals surface area (Å²) in [6, 6.07) is 15.3. The number of rotatable bonds is 6. The van der Waals surface area contributed by atoms with Crippen LogP contribution >= 0.6 is 0 Å². The SMILES string of the molecule is COc1cccc(C(=O)N2CCC(C(=O)N/N=C\c3ccc(C(C)C)cc3)CC2)c1. The molecule has 158 valence electrons. The van der Waals surface area contributed by atoms with Crippen molar-refractivity contribution in [3.05, 3.63) is 65.2 Å². The number of benzene rings is 2. The van der Waals surface area contributed by atoms with E-state index in [1.165, 1.54) is 5.56 Å². The van der Waals surface area contributed by atoms with Gasteiger partial charge in [-0.3, -0.25) is 9.59 Å². The second kappa shape index (κ2) is 10.1. The molecule has 2 aromatic carbocycles. The lowest BCUT2D eigenvalue weighted by Gasteiger charge is -2.31. The summed E-state index contributed by atoms with van der Waals surface area (Å²) < 4.78 is 5.19. The largest absolute Gasteiger partial charge is 0.497 e. The van der Waals surface area contributed by atoms with Gasteiger partial charge < -0.3 is 9.64 Å². The maximum atomic E-state index is 12.7. The molecule has 1 saturated heterocycles. The number of hydrazone groups is 1. The van der Waals surface area contributed by atoms with Crippen molar-refractivity contribution in [1.29, 1.82) is 0 Å². The summed E-state index contributed by atoms with van der Waals surface area (Å²) in [7, 11) is 1.58. The Morgan fingerprint density at radius 1 is 1.13 bits per heavy atom. The highest BCUT2D eigenvalue weighted by molar-refractivity contribution is 5.94. The monoisotopic (exact) mass is 407 g/mol. The number of amides is 2. The normalized spacial score (nSPS) is 14.9. The minimum atomic E-state index is -0.139. The molecule has 0 bridgehead atoms. The first kappa shape index (κ1) is 21.6. The topological polar surface area (TPSA) is 71.0 Å². The molecule has 0 aliphatic carbocycles. The van der Waals surface area contributed by atoms with Crippen molar-refractivity contribution in [3.63, 3.8) is 0 Å². The second-order valence-electron chi connectivity index (χ2n) is 7.85. The zero-order chi connectivity index (χ0) is 21.5. The van der Waals surface area contributed by atoms with Gasteiger partial charge in [0.1, 0.15) is 5.75 Å². The molecular formula is C24H29N3O3. The van der Waals surface area contributed by atoms with Gasteiger partial charge in [-0.2, -0.15) is 5.10 Å². The average Bonchev–Trinajstić information content (AvgIpc) is 2.79. The molecule has 3 rings (SSSR count). The van der Waals surface area contributed by atoms with Crippen LogP contribution in [-0.4, -0.2) is 43.1 Å². The molecule has 6 nitrogen and oxygen atoms in total. The summed E-state index contributed by atoms with van der Waals surface area (Å²) in [5, 5.41) is 4.09. The molecule has 0 radical (unpaired) electrons. The van der Waals surface area contributed by atoms with E-state index >= 15 is 0 Å². The number of nitrogens with one attached hydrogen (secondary N) is 1. The number of carbonyl (C=O) groups excluding carboxylic acids is 2. The van der Waals surface area contributed by atoms with Gasteiger partial charge in [-0.25, -0.2) is 5.43 Å². The first-order valence-electron chi connectivity index (χ1n) is 10.3. The van der Waals surface area contributed by atoms with Crippen LogP contribution in [0, 0.1) is 5.92 Å². The lowest BCUT2D eigenvalue weighted by Crippen LogP contribution is -2.42. The fraction of sp³-hybridized carbons (Fsp3) is 0.375. The Bertz CT molecular complexity index is 898. The van der Waals surface area contributed by atoms with Crippen molar-refractivity contribution < 1.29 is 14.3 Å². The van der Waals surface area contributed by atoms with Crippen LogP contribution < -0.4 is 10.2 Å². The molecule has 0 saturated carbocycles. The number of hydrogen-bond donors (Lipinski definition) is 1. The van der Waals surface area contributed by atoms with E-state index in [1.807, 2.05) is 18.2 Å². The Hall–Kier alpha value is -3.15. The van der Waals surface area contributed by atoms with E-state index in [4.69, 9.17) is 4.74 Å². The van der Waals surface area contributed by atoms with Crippen molar-refractivity contribution in [2.45, 2.75) is 32.6 Å². The third-order valence-corrected chi connectivity index (χ3v) is 5.46. The van der Waals surface area contributed by atoms with Crippen molar-refractivity contribution in [1.82, 2.24) is 10.3 Å². The van der Waals surface area contributed by atoms with Crippen LogP contribution in [0.3, 0.4) is 0 Å². The van der Waals surface area contributed by atoms with Gasteiger partial charge in [-0.05, 0) is 48.1 Å². The van der Waals surface area contributed by atoms with Crippen molar-refractivity contribution in [3.8, 4) is 5.75 Å². The highest BCUT2D eigenvalue weighted by Crippen LogP contribution is 2.21. The molecule has 1 aliphatic rings. The summed E-state index contributed by atoms with van der Waals surface area (Å²) in [5.74, 6) is 0.873. The van der Waals surface area contributed by atoms with Crippen LogP contribution in [0.4, 0.5) is 0 Å². The van der Waals surface area contributed by atoms with Crippen LogP contribution in [0.5, 0.6) is 5.75 Å². The highest BCUT2D eigenvalue weighted by Gasteiger charge is 2.27.